The van der Waals surface area contributed by atoms with Gasteiger partial charge in [-0.2, -0.15) is 0 Å². The van der Waals surface area contributed by atoms with Gasteiger partial charge in [-0.05, 0) is 25.2 Å². The summed E-state index contributed by atoms with van der Waals surface area (Å²) in [5, 5.41) is 9.17. The molecule has 21 heavy (non-hydrogen) atoms. The van der Waals surface area contributed by atoms with Crippen LogP contribution in [0.2, 0.25) is 0 Å². The van der Waals surface area contributed by atoms with Gasteiger partial charge in [-0.1, -0.05) is 13.8 Å². The highest BCUT2D eigenvalue weighted by Crippen LogP contribution is 2.59. The van der Waals surface area contributed by atoms with Gasteiger partial charge in [0, 0.05) is 13.1 Å². The average Bonchev–Trinajstić information content (AvgIpc) is 3.01. The predicted octanol–water partition coefficient (Wildman–Crippen LogP) is 1.14. The van der Waals surface area contributed by atoms with Crippen LogP contribution in [0.3, 0.4) is 0 Å². The number of nitrogens with zero attached hydrogens (tertiary/aromatic N) is 1. The molecule has 0 aromatic heterocycles. The normalized spacial score (nSPS) is 30.6. The van der Waals surface area contributed by atoms with Crippen molar-refractivity contribution >= 4 is 17.8 Å². The van der Waals surface area contributed by atoms with Gasteiger partial charge >= 0.3 is 11.9 Å². The molecule has 1 N–H and O–H groups in total. The predicted molar refractivity (Wildman–Crippen MR) is 74.3 cm³/mol. The molecular weight excluding hydrogens is 274 g/mol. The molecule has 0 bridgehead atoms. The van der Waals surface area contributed by atoms with Gasteiger partial charge in [-0.3, -0.25) is 14.4 Å². The summed E-state index contributed by atoms with van der Waals surface area (Å²) in [6.45, 7) is 6.64. The molecule has 0 aromatic rings. The number of hydrogen-bond donors (Lipinski definition) is 1. The van der Waals surface area contributed by atoms with E-state index in [-0.39, 0.29) is 17.8 Å². The Balaban J connectivity index is 2.00. The zero-order valence-electron chi connectivity index (χ0n) is 12.8. The number of amides is 1. The van der Waals surface area contributed by atoms with E-state index in [2.05, 4.69) is 0 Å². The van der Waals surface area contributed by atoms with Gasteiger partial charge in [0.25, 0.3) is 0 Å². The van der Waals surface area contributed by atoms with E-state index in [0.717, 1.165) is 12.8 Å². The van der Waals surface area contributed by atoms with Crippen LogP contribution in [-0.2, 0) is 19.1 Å². The highest BCUT2D eigenvalue weighted by molar-refractivity contribution is 5.92. The minimum absolute atomic E-state index is 0.138. The number of aliphatic carboxylic acids is 1. The minimum atomic E-state index is -0.919. The van der Waals surface area contributed by atoms with Crippen molar-refractivity contribution in [1.82, 2.24) is 4.90 Å². The molecular formula is C15H23NO5. The lowest BCUT2D eigenvalue weighted by atomic mass is 9.97. The monoisotopic (exact) mass is 297 g/mol. The lowest BCUT2D eigenvalue weighted by Crippen LogP contribution is -2.44. The minimum Gasteiger partial charge on any atom is -0.481 e. The van der Waals surface area contributed by atoms with E-state index in [4.69, 9.17) is 4.74 Å². The third kappa shape index (κ3) is 2.89. The van der Waals surface area contributed by atoms with Gasteiger partial charge in [-0.25, -0.2) is 0 Å². The second kappa shape index (κ2) is 5.66. The molecule has 0 aromatic carbocycles. The van der Waals surface area contributed by atoms with Gasteiger partial charge in [-0.15, -0.1) is 0 Å². The van der Waals surface area contributed by atoms with Crippen molar-refractivity contribution in [3.8, 4) is 0 Å². The van der Waals surface area contributed by atoms with E-state index in [0.29, 0.717) is 19.7 Å². The zero-order chi connectivity index (χ0) is 15.8. The second-order valence-electron chi connectivity index (χ2n) is 6.49. The van der Waals surface area contributed by atoms with E-state index in [1.807, 2.05) is 0 Å². The Morgan fingerprint density at radius 2 is 1.95 bits per heavy atom. The lowest BCUT2D eigenvalue weighted by Gasteiger charge is -2.32. The molecule has 6 nitrogen and oxygen atoms in total. The summed E-state index contributed by atoms with van der Waals surface area (Å²) in [4.78, 5) is 37.2. The fourth-order valence-corrected chi connectivity index (χ4v) is 3.39. The molecule has 3 atom stereocenters. The third-order valence-corrected chi connectivity index (χ3v) is 4.71. The van der Waals surface area contributed by atoms with Crippen molar-refractivity contribution in [2.45, 2.75) is 33.6 Å². The van der Waals surface area contributed by atoms with Gasteiger partial charge in [0.05, 0.1) is 24.4 Å². The number of carbonyl (C=O) groups excluding carboxylic acids is 2. The molecule has 118 valence electrons. The SMILES string of the molecule is CCOC(=O)[C@H]1CCCN(C(=O)[C@H]2[C@@H](C(=O)O)C2(C)C)C1. The summed E-state index contributed by atoms with van der Waals surface area (Å²) in [6, 6.07) is 0. The van der Waals surface area contributed by atoms with Gasteiger partial charge < -0.3 is 14.7 Å². The maximum Gasteiger partial charge on any atom is 0.310 e. The molecule has 2 rings (SSSR count). The number of carboxylic acids is 1. The molecule has 1 aliphatic carbocycles. The van der Waals surface area contributed by atoms with Crippen LogP contribution in [-0.4, -0.2) is 47.5 Å². The van der Waals surface area contributed by atoms with E-state index < -0.39 is 23.2 Å². The smallest absolute Gasteiger partial charge is 0.310 e. The van der Waals surface area contributed by atoms with Crippen molar-refractivity contribution < 1.29 is 24.2 Å². The molecule has 1 saturated heterocycles. The Morgan fingerprint density at radius 1 is 1.29 bits per heavy atom. The Labute approximate surface area is 124 Å². The molecule has 0 radical (unpaired) electrons. The number of ether oxygens (including phenoxy) is 1. The molecule has 1 saturated carbocycles. The first kappa shape index (κ1) is 15.8. The zero-order valence-corrected chi connectivity index (χ0v) is 12.8. The molecule has 0 spiro atoms. The van der Waals surface area contributed by atoms with Crippen LogP contribution in [0.4, 0.5) is 0 Å². The molecule has 0 unspecified atom stereocenters. The summed E-state index contributed by atoms with van der Waals surface area (Å²) < 4.78 is 5.01. The number of hydrogen-bond acceptors (Lipinski definition) is 4. The second-order valence-corrected chi connectivity index (χ2v) is 6.49. The quantitative estimate of drug-likeness (QED) is 0.787. The summed E-state index contributed by atoms with van der Waals surface area (Å²) in [5.41, 5.74) is -0.500. The fourth-order valence-electron chi connectivity index (χ4n) is 3.39. The van der Waals surface area contributed by atoms with Gasteiger partial charge in [0.1, 0.15) is 0 Å². The van der Waals surface area contributed by atoms with Crippen molar-refractivity contribution in [2.24, 2.45) is 23.2 Å². The molecule has 2 fully saturated rings. The number of esters is 1. The average molecular weight is 297 g/mol. The number of piperidine rings is 1. The molecule has 2 aliphatic rings. The topological polar surface area (TPSA) is 83.9 Å². The van der Waals surface area contributed by atoms with E-state index in [9.17, 15) is 19.5 Å². The number of carboxylic acid groups (broad SMARTS) is 1. The van der Waals surface area contributed by atoms with Crippen LogP contribution in [0.5, 0.6) is 0 Å². The maximum atomic E-state index is 12.5. The largest absolute Gasteiger partial charge is 0.481 e. The first-order valence-corrected chi connectivity index (χ1v) is 7.49. The van der Waals surface area contributed by atoms with Gasteiger partial charge in [0.2, 0.25) is 5.91 Å². The summed E-state index contributed by atoms with van der Waals surface area (Å²) in [5.74, 6) is -2.70. The first-order chi connectivity index (χ1) is 9.80. The van der Waals surface area contributed by atoms with Crippen LogP contribution in [0.15, 0.2) is 0 Å². The van der Waals surface area contributed by atoms with E-state index in [1.165, 1.54) is 0 Å². The summed E-state index contributed by atoms with van der Waals surface area (Å²) in [7, 11) is 0. The van der Waals surface area contributed by atoms with Crippen LogP contribution < -0.4 is 0 Å². The van der Waals surface area contributed by atoms with E-state index in [1.54, 1.807) is 25.7 Å². The Morgan fingerprint density at radius 3 is 2.48 bits per heavy atom. The maximum absolute atomic E-state index is 12.5. The van der Waals surface area contributed by atoms with Crippen LogP contribution in [0, 0.1) is 23.2 Å². The standard InChI is InChI=1S/C15H23NO5/c1-4-21-14(20)9-6-5-7-16(8-9)12(17)10-11(13(18)19)15(10,2)3/h9-11H,4-8H2,1-3H3,(H,18,19)/t9-,10+,11-/m0/s1. The fraction of sp³-hybridized carbons (Fsp3) is 0.800. The molecule has 1 heterocycles. The third-order valence-electron chi connectivity index (χ3n) is 4.71. The number of likely N-dealkylation sites (tertiary alicyclic amines) is 1. The highest BCUT2D eigenvalue weighted by atomic mass is 16.5. The van der Waals surface area contributed by atoms with Crippen LogP contribution in [0.1, 0.15) is 33.6 Å². The Bertz CT molecular complexity index is 459. The molecule has 1 amide bonds. The summed E-state index contributed by atoms with van der Waals surface area (Å²) in [6.07, 6.45) is 1.47. The molecule has 1 aliphatic heterocycles. The van der Waals surface area contributed by atoms with Crippen LogP contribution in [0.25, 0.3) is 0 Å². The van der Waals surface area contributed by atoms with Crippen molar-refractivity contribution in [1.29, 1.82) is 0 Å². The molecule has 6 heteroatoms. The van der Waals surface area contributed by atoms with E-state index >= 15 is 0 Å². The first-order valence-electron chi connectivity index (χ1n) is 7.49. The number of rotatable bonds is 4. The number of carbonyl (C=O) groups is 3. The summed E-state index contributed by atoms with van der Waals surface area (Å²) >= 11 is 0. The highest BCUT2D eigenvalue weighted by Gasteiger charge is 2.66. The lowest BCUT2D eigenvalue weighted by molar-refractivity contribution is -0.152. The van der Waals surface area contributed by atoms with Crippen molar-refractivity contribution in [2.75, 3.05) is 19.7 Å². The van der Waals surface area contributed by atoms with Crippen LogP contribution >= 0.6 is 0 Å². The Kier molecular flexibility index (Phi) is 4.25. The van der Waals surface area contributed by atoms with Crippen molar-refractivity contribution in [3.05, 3.63) is 0 Å². The Hall–Kier alpha value is -1.59. The van der Waals surface area contributed by atoms with Crippen molar-refractivity contribution in [3.63, 3.8) is 0 Å². The van der Waals surface area contributed by atoms with Gasteiger partial charge in [0.15, 0.2) is 0 Å².